The van der Waals surface area contributed by atoms with Crippen molar-refractivity contribution in [1.29, 1.82) is 0 Å². The van der Waals surface area contributed by atoms with Crippen LogP contribution in [0.2, 0.25) is 5.02 Å². The largest absolute Gasteiger partial charge is 0.481 e. The van der Waals surface area contributed by atoms with Gasteiger partial charge in [0.2, 0.25) is 0 Å². The first-order valence-electron chi connectivity index (χ1n) is 13.6. The van der Waals surface area contributed by atoms with E-state index in [1.807, 2.05) is 13.8 Å². The normalized spacial score (nSPS) is 31.3. The molecule has 204 valence electrons. The number of ether oxygens (including phenoxy) is 2. The van der Waals surface area contributed by atoms with Crippen LogP contribution < -0.4 is 15.8 Å². The van der Waals surface area contributed by atoms with Gasteiger partial charge in [-0.25, -0.2) is 14.0 Å². The van der Waals surface area contributed by atoms with E-state index in [9.17, 15) is 14.0 Å². The topological polar surface area (TPSA) is 93.9 Å². The van der Waals surface area contributed by atoms with E-state index in [0.717, 1.165) is 19.3 Å². The molecule has 2 aromatic carbocycles. The van der Waals surface area contributed by atoms with E-state index < -0.39 is 23.6 Å². The van der Waals surface area contributed by atoms with Gasteiger partial charge in [-0.2, -0.15) is 0 Å². The van der Waals surface area contributed by atoms with E-state index in [0.29, 0.717) is 46.0 Å². The molecule has 0 spiro atoms. The summed E-state index contributed by atoms with van der Waals surface area (Å²) in [6.07, 6.45) is 5.69. The summed E-state index contributed by atoms with van der Waals surface area (Å²) in [5.74, 6) is 1.49. The second-order valence-corrected chi connectivity index (χ2v) is 12.8. The molecule has 0 aromatic heterocycles. The first kappa shape index (κ1) is 24.8. The van der Waals surface area contributed by atoms with Gasteiger partial charge in [0.1, 0.15) is 28.9 Å². The molecule has 1 unspecified atom stereocenters. The number of rotatable bonds is 3. The number of halogens is 2. The number of nitrogens with two attached hydrogens (primary N) is 1. The summed E-state index contributed by atoms with van der Waals surface area (Å²) in [6, 6.07) is 8.68. The molecular weight excluding hydrogens is 521 g/mol. The minimum atomic E-state index is -0.962. The number of benzene rings is 2. The van der Waals surface area contributed by atoms with E-state index >= 15 is 0 Å². The zero-order valence-corrected chi connectivity index (χ0v) is 22.7. The first-order chi connectivity index (χ1) is 18.5. The second-order valence-electron chi connectivity index (χ2n) is 12.4. The van der Waals surface area contributed by atoms with Crippen LogP contribution in [-0.4, -0.2) is 28.1 Å². The Kier molecular flexibility index (Phi) is 5.31. The quantitative estimate of drug-likeness (QED) is 0.448. The van der Waals surface area contributed by atoms with Gasteiger partial charge in [0, 0.05) is 11.1 Å². The van der Waals surface area contributed by atoms with Crippen molar-refractivity contribution >= 4 is 29.3 Å². The number of carbonyl (C=O) groups excluding carboxylic acids is 2. The lowest BCUT2D eigenvalue weighted by atomic mass is 9.54. The van der Waals surface area contributed by atoms with E-state index in [1.54, 1.807) is 24.3 Å². The van der Waals surface area contributed by atoms with Crippen LogP contribution in [0.3, 0.4) is 0 Å². The minimum Gasteiger partial charge on any atom is -0.481 e. The van der Waals surface area contributed by atoms with Crippen LogP contribution in [0.5, 0.6) is 5.75 Å². The Morgan fingerprint density at radius 1 is 1.10 bits per heavy atom. The van der Waals surface area contributed by atoms with Crippen molar-refractivity contribution in [2.45, 2.75) is 69.7 Å². The number of hydrogen-bond donors (Lipinski definition) is 2. The third-order valence-electron chi connectivity index (χ3n) is 9.26. The van der Waals surface area contributed by atoms with Crippen molar-refractivity contribution < 1.29 is 23.5 Å². The number of nitrogens with one attached hydrogen (secondary N) is 1. The number of esters is 1. The summed E-state index contributed by atoms with van der Waals surface area (Å²) < 4.78 is 27.6. The second kappa shape index (κ2) is 8.37. The highest BCUT2D eigenvalue weighted by molar-refractivity contribution is 6.31. The van der Waals surface area contributed by atoms with Crippen molar-refractivity contribution in [3.8, 4) is 5.75 Å². The Bertz CT molecular complexity index is 1400. The van der Waals surface area contributed by atoms with Crippen LogP contribution in [-0.2, 0) is 4.74 Å². The maximum atomic E-state index is 15.0. The van der Waals surface area contributed by atoms with Gasteiger partial charge in [0.15, 0.2) is 0 Å². The molecule has 1 atom stereocenters. The monoisotopic (exact) mass is 551 g/mol. The average Bonchev–Trinajstić information content (AvgIpc) is 3.24. The molecule has 4 fully saturated rings. The number of urea groups is 1. The summed E-state index contributed by atoms with van der Waals surface area (Å²) in [4.78, 5) is 27.6. The Morgan fingerprint density at radius 2 is 1.77 bits per heavy atom. The molecule has 2 heterocycles. The van der Waals surface area contributed by atoms with Gasteiger partial charge in [-0.05, 0) is 100 Å². The molecule has 7 nitrogen and oxygen atoms in total. The molecule has 9 heteroatoms. The van der Waals surface area contributed by atoms with E-state index in [4.69, 9.17) is 26.8 Å². The number of amides is 2. The zero-order valence-electron chi connectivity index (χ0n) is 21.9. The van der Waals surface area contributed by atoms with E-state index in [2.05, 4.69) is 5.32 Å². The molecule has 4 aliphatic carbocycles. The van der Waals surface area contributed by atoms with Crippen molar-refractivity contribution in [2.24, 2.45) is 23.5 Å². The Labute approximate surface area is 231 Å². The van der Waals surface area contributed by atoms with E-state index in [-0.39, 0.29) is 22.2 Å². The summed E-state index contributed by atoms with van der Waals surface area (Å²) >= 11 is 6.37. The molecule has 2 amide bonds. The number of carbonyl (C=O) groups is 2. The molecule has 4 saturated carbocycles. The molecule has 4 bridgehead atoms. The third-order valence-corrected chi connectivity index (χ3v) is 9.59. The molecular formula is C30H31ClFN3O4. The highest BCUT2D eigenvalue weighted by Gasteiger charge is 2.53. The van der Waals surface area contributed by atoms with Crippen molar-refractivity contribution in [3.05, 3.63) is 69.6 Å². The Morgan fingerprint density at radius 3 is 2.38 bits per heavy atom. The van der Waals surface area contributed by atoms with Gasteiger partial charge in [0.25, 0.3) is 0 Å². The van der Waals surface area contributed by atoms with Gasteiger partial charge < -0.3 is 20.5 Å². The van der Waals surface area contributed by atoms with Gasteiger partial charge in [-0.1, -0.05) is 17.7 Å². The molecule has 0 radical (unpaired) electrons. The fraction of sp³-hybridized carbons (Fsp3) is 0.467. The lowest BCUT2D eigenvalue weighted by Crippen LogP contribution is -2.52. The number of nitrogens with zero attached hydrogens (tertiary/aromatic N) is 1. The van der Waals surface area contributed by atoms with E-state index in [1.165, 1.54) is 36.3 Å². The van der Waals surface area contributed by atoms with Gasteiger partial charge in [0.05, 0.1) is 22.0 Å². The van der Waals surface area contributed by atoms with Crippen LogP contribution in [0.15, 0.2) is 42.1 Å². The third kappa shape index (κ3) is 3.82. The predicted octanol–water partition coefficient (Wildman–Crippen LogP) is 6.13. The molecule has 39 heavy (non-hydrogen) atoms. The van der Waals surface area contributed by atoms with Crippen molar-refractivity contribution in [2.75, 3.05) is 0 Å². The average molecular weight is 552 g/mol. The van der Waals surface area contributed by atoms with Crippen LogP contribution >= 0.6 is 11.6 Å². The number of fused-ring (bicyclic) bond motifs is 2. The fourth-order valence-electron chi connectivity index (χ4n) is 8.12. The summed E-state index contributed by atoms with van der Waals surface area (Å²) in [6.45, 7) is 3.67. The van der Waals surface area contributed by atoms with Crippen LogP contribution in [0.1, 0.15) is 80.0 Å². The Hall–Kier alpha value is -3.26. The van der Waals surface area contributed by atoms with Crippen LogP contribution in [0.4, 0.5) is 9.18 Å². The Balaban J connectivity index is 1.23. The minimum absolute atomic E-state index is 0.112. The molecule has 0 saturated heterocycles. The maximum Gasteiger partial charge on any atom is 0.338 e. The van der Waals surface area contributed by atoms with Gasteiger partial charge >= 0.3 is 12.0 Å². The number of primary amides is 1. The fourth-order valence-corrected chi connectivity index (χ4v) is 8.39. The van der Waals surface area contributed by atoms with Crippen molar-refractivity contribution in [1.82, 2.24) is 10.2 Å². The predicted molar refractivity (Wildman–Crippen MR) is 143 cm³/mol. The summed E-state index contributed by atoms with van der Waals surface area (Å²) in [5.41, 5.74) is 6.67. The lowest BCUT2D eigenvalue weighted by molar-refractivity contribution is -0.131. The standard InChI is InChI=1S/C30H31ClFN3O4/c1-29(2)25-24(35(28(33)37)26(34-25)23-20(31)4-3-5-21(23)32)19-7-6-18(11-22(19)38-29)27(36)39-30-12-15-8-16(13-30)10-17(9-15)14-30/h3-7,11,15-17,26,34H,8-10,12-14H2,1-2H3,(H2,33,37). The molecule has 3 N–H and O–H groups in total. The maximum absolute atomic E-state index is 15.0. The van der Waals surface area contributed by atoms with Gasteiger partial charge in [-0.15, -0.1) is 0 Å². The molecule has 2 aliphatic heterocycles. The lowest BCUT2D eigenvalue weighted by Gasteiger charge is -2.55. The SMILES string of the molecule is CC1(C)Oc2cc(C(=O)OC34CC5CC(CC(C5)C3)C4)ccc2C2=C1NC(c1c(F)cccc1Cl)N2C(N)=O. The molecule has 6 aliphatic rings. The zero-order chi connectivity index (χ0) is 27.3. The highest BCUT2D eigenvalue weighted by atomic mass is 35.5. The van der Waals surface area contributed by atoms with Crippen LogP contribution in [0, 0.1) is 23.6 Å². The summed E-state index contributed by atoms with van der Waals surface area (Å²) in [5, 5.41) is 3.41. The summed E-state index contributed by atoms with van der Waals surface area (Å²) in [7, 11) is 0. The van der Waals surface area contributed by atoms with Gasteiger partial charge in [-0.3, -0.25) is 4.90 Å². The molecule has 8 rings (SSSR count). The molecule has 2 aromatic rings. The van der Waals surface area contributed by atoms with Crippen LogP contribution in [0.25, 0.3) is 5.70 Å². The highest BCUT2D eigenvalue weighted by Crippen LogP contribution is 2.57. The van der Waals surface area contributed by atoms with Crippen molar-refractivity contribution in [3.63, 3.8) is 0 Å². The smallest absolute Gasteiger partial charge is 0.338 e. The first-order valence-corrected chi connectivity index (χ1v) is 14.0. The number of hydrogen-bond acceptors (Lipinski definition) is 5.